The first-order chi connectivity index (χ1) is 10.0. The molecule has 1 atom stereocenters. The predicted molar refractivity (Wildman–Crippen MR) is 79.4 cm³/mol. The van der Waals surface area contributed by atoms with Crippen LogP contribution < -0.4 is 0 Å². The number of nitrogens with zero attached hydrogens (tertiary/aromatic N) is 2. The summed E-state index contributed by atoms with van der Waals surface area (Å²) in [6.07, 6.45) is 3.30. The number of hydrogen-bond donors (Lipinski definition) is 1. The summed E-state index contributed by atoms with van der Waals surface area (Å²) in [6.45, 7) is 1.21. The molecule has 1 N–H and O–H groups in total. The second-order valence-electron chi connectivity index (χ2n) is 5.37. The fraction of sp³-hybridized carbons (Fsp3) is 0.615. The molecule has 1 unspecified atom stereocenters. The van der Waals surface area contributed by atoms with Crippen molar-refractivity contribution in [3.63, 3.8) is 0 Å². The summed E-state index contributed by atoms with van der Waals surface area (Å²) >= 11 is 1.50. The Morgan fingerprint density at radius 1 is 1.24 bits per heavy atom. The minimum absolute atomic E-state index is 0.239. The highest BCUT2D eigenvalue weighted by Gasteiger charge is 2.43. The Labute approximate surface area is 128 Å². The number of fused-ring (bicyclic) bond motifs is 1. The number of aliphatic carboxylic acids is 1. The fourth-order valence-corrected chi connectivity index (χ4v) is 5.75. The summed E-state index contributed by atoms with van der Waals surface area (Å²) in [5, 5.41) is 11.3. The van der Waals surface area contributed by atoms with Crippen LogP contribution >= 0.6 is 11.3 Å². The van der Waals surface area contributed by atoms with Crippen molar-refractivity contribution in [2.75, 3.05) is 19.6 Å². The van der Waals surface area contributed by atoms with E-state index in [1.807, 2.05) is 5.38 Å². The molecule has 0 saturated carbocycles. The molecular weight excluding hydrogens is 312 g/mol. The molecule has 6 nitrogen and oxygen atoms in total. The van der Waals surface area contributed by atoms with Gasteiger partial charge in [-0.2, -0.15) is 17.0 Å². The number of carboxylic acid groups (broad SMARTS) is 1. The van der Waals surface area contributed by atoms with E-state index in [-0.39, 0.29) is 6.54 Å². The van der Waals surface area contributed by atoms with Crippen LogP contribution in [0.3, 0.4) is 0 Å². The van der Waals surface area contributed by atoms with Gasteiger partial charge in [0.05, 0.1) is 0 Å². The quantitative estimate of drug-likeness (QED) is 0.910. The Morgan fingerprint density at radius 2 is 1.95 bits per heavy atom. The van der Waals surface area contributed by atoms with E-state index in [2.05, 4.69) is 0 Å². The Morgan fingerprint density at radius 3 is 2.62 bits per heavy atom. The zero-order valence-corrected chi connectivity index (χ0v) is 13.2. The van der Waals surface area contributed by atoms with Crippen molar-refractivity contribution in [2.24, 2.45) is 0 Å². The maximum Gasteiger partial charge on any atom is 0.326 e. The van der Waals surface area contributed by atoms with Crippen LogP contribution in [0.1, 0.15) is 35.7 Å². The first kappa shape index (κ1) is 15.0. The van der Waals surface area contributed by atoms with E-state index < -0.39 is 22.2 Å². The van der Waals surface area contributed by atoms with E-state index in [1.165, 1.54) is 15.6 Å². The van der Waals surface area contributed by atoms with Crippen LogP contribution in [0.5, 0.6) is 0 Å². The molecule has 1 fully saturated rings. The van der Waals surface area contributed by atoms with Gasteiger partial charge in [-0.15, -0.1) is 11.3 Å². The largest absolute Gasteiger partial charge is 0.480 e. The molecule has 0 aromatic carbocycles. The minimum atomic E-state index is -3.71. The Hall–Kier alpha value is -0.960. The number of piperidine rings is 1. The van der Waals surface area contributed by atoms with Gasteiger partial charge in [0, 0.05) is 24.5 Å². The van der Waals surface area contributed by atoms with Crippen molar-refractivity contribution < 1.29 is 18.3 Å². The Bertz CT molecular complexity index is 634. The normalized spacial score (nSPS) is 24.7. The summed E-state index contributed by atoms with van der Waals surface area (Å²) < 4.78 is 28.2. The van der Waals surface area contributed by atoms with E-state index in [1.54, 1.807) is 6.07 Å². The molecule has 2 aliphatic rings. The summed E-state index contributed by atoms with van der Waals surface area (Å²) in [6, 6.07) is 0.642. The minimum Gasteiger partial charge on any atom is -0.480 e. The van der Waals surface area contributed by atoms with Crippen molar-refractivity contribution in [1.29, 1.82) is 0 Å². The molecule has 8 heteroatoms. The topological polar surface area (TPSA) is 77.9 Å². The highest BCUT2D eigenvalue weighted by Crippen LogP contribution is 2.36. The highest BCUT2D eigenvalue weighted by atomic mass is 32.2. The molecule has 0 aliphatic carbocycles. The second kappa shape index (κ2) is 5.68. The molecule has 2 aliphatic heterocycles. The van der Waals surface area contributed by atoms with Crippen LogP contribution in [-0.4, -0.2) is 47.7 Å². The van der Waals surface area contributed by atoms with E-state index in [0.29, 0.717) is 25.1 Å². The molecule has 1 aromatic rings. The summed E-state index contributed by atoms with van der Waals surface area (Å²) in [5.74, 6) is -1.10. The molecule has 0 amide bonds. The van der Waals surface area contributed by atoms with Crippen LogP contribution in [0.25, 0.3) is 0 Å². The maximum atomic E-state index is 12.8. The van der Waals surface area contributed by atoms with Crippen molar-refractivity contribution in [3.8, 4) is 0 Å². The lowest BCUT2D eigenvalue weighted by atomic mass is 10.0. The second-order valence-corrected chi connectivity index (χ2v) is 8.25. The van der Waals surface area contributed by atoms with Crippen LogP contribution in [0, 0.1) is 0 Å². The molecular formula is C13H18N2O4S2. The number of rotatable bonds is 3. The standard InChI is InChI=1S/C13H18N2O4S2/c16-13(17)12-10-5-9-20-11(10)4-8-15(12)21(18,19)14-6-2-1-3-7-14/h5,9,12H,1-4,6-8H2,(H,16,17). The molecule has 0 spiro atoms. The van der Waals surface area contributed by atoms with Gasteiger partial charge in [-0.05, 0) is 36.3 Å². The molecule has 0 radical (unpaired) electrons. The van der Waals surface area contributed by atoms with Crippen molar-refractivity contribution >= 4 is 27.5 Å². The summed E-state index contributed by atoms with van der Waals surface area (Å²) in [4.78, 5) is 12.6. The molecule has 1 saturated heterocycles. The molecule has 116 valence electrons. The fourth-order valence-electron chi connectivity index (χ4n) is 3.04. The third-order valence-corrected chi connectivity index (χ3v) is 7.09. The average molecular weight is 330 g/mol. The predicted octanol–water partition coefficient (Wildman–Crippen LogP) is 1.46. The Balaban J connectivity index is 1.95. The summed E-state index contributed by atoms with van der Waals surface area (Å²) in [7, 11) is -3.71. The average Bonchev–Trinajstić information content (AvgIpc) is 2.95. The van der Waals surface area contributed by atoms with Crippen LogP contribution in [0.15, 0.2) is 11.4 Å². The third-order valence-electron chi connectivity index (χ3n) is 4.09. The smallest absolute Gasteiger partial charge is 0.326 e. The van der Waals surface area contributed by atoms with E-state index >= 15 is 0 Å². The third kappa shape index (κ3) is 2.61. The monoisotopic (exact) mass is 330 g/mol. The van der Waals surface area contributed by atoms with Gasteiger partial charge in [0.25, 0.3) is 10.2 Å². The van der Waals surface area contributed by atoms with Crippen LogP contribution in [-0.2, 0) is 21.4 Å². The first-order valence-electron chi connectivity index (χ1n) is 7.08. The molecule has 3 heterocycles. The van der Waals surface area contributed by atoms with Gasteiger partial charge in [0.1, 0.15) is 6.04 Å². The maximum absolute atomic E-state index is 12.8. The zero-order valence-electron chi connectivity index (χ0n) is 11.6. The molecule has 0 bridgehead atoms. The molecule has 1 aromatic heterocycles. The molecule has 21 heavy (non-hydrogen) atoms. The SMILES string of the molecule is O=C(O)C1c2ccsc2CCN1S(=O)(=O)N1CCCCC1. The van der Waals surface area contributed by atoms with E-state index in [4.69, 9.17) is 0 Å². The van der Waals surface area contributed by atoms with E-state index in [9.17, 15) is 18.3 Å². The number of thiophene rings is 1. The van der Waals surface area contributed by atoms with Gasteiger partial charge >= 0.3 is 5.97 Å². The Kier molecular flexibility index (Phi) is 4.04. The van der Waals surface area contributed by atoms with E-state index in [0.717, 1.165) is 28.4 Å². The lowest BCUT2D eigenvalue weighted by molar-refractivity contribution is -0.142. The lowest BCUT2D eigenvalue weighted by Crippen LogP contribution is -2.51. The first-order valence-corrected chi connectivity index (χ1v) is 9.35. The van der Waals surface area contributed by atoms with Crippen LogP contribution in [0.4, 0.5) is 0 Å². The molecule has 3 rings (SSSR count). The van der Waals surface area contributed by atoms with Gasteiger partial charge in [-0.3, -0.25) is 4.79 Å². The van der Waals surface area contributed by atoms with Crippen molar-refractivity contribution in [2.45, 2.75) is 31.7 Å². The van der Waals surface area contributed by atoms with Gasteiger partial charge < -0.3 is 5.11 Å². The van der Waals surface area contributed by atoms with Gasteiger partial charge in [-0.25, -0.2) is 0 Å². The lowest BCUT2D eigenvalue weighted by Gasteiger charge is -2.37. The van der Waals surface area contributed by atoms with Crippen molar-refractivity contribution in [3.05, 3.63) is 21.9 Å². The number of hydrogen-bond acceptors (Lipinski definition) is 4. The number of carbonyl (C=O) groups is 1. The highest BCUT2D eigenvalue weighted by molar-refractivity contribution is 7.86. The number of carboxylic acids is 1. The van der Waals surface area contributed by atoms with Gasteiger partial charge in [-0.1, -0.05) is 6.42 Å². The van der Waals surface area contributed by atoms with Gasteiger partial charge in [0.15, 0.2) is 0 Å². The van der Waals surface area contributed by atoms with Crippen LogP contribution in [0.2, 0.25) is 0 Å². The zero-order chi connectivity index (χ0) is 15.0. The summed E-state index contributed by atoms with van der Waals surface area (Å²) in [5.41, 5.74) is 0.624. The van der Waals surface area contributed by atoms with Gasteiger partial charge in [0.2, 0.25) is 0 Å². The van der Waals surface area contributed by atoms with Crippen molar-refractivity contribution in [1.82, 2.24) is 8.61 Å².